The molecule has 0 aliphatic carbocycles. The number of para-hydroxylation sites is 1. The van der Waals surface area contributed by atoms with Crippen molar-refractivity contribution in [1.82, 2.24) is 4.98 Å². The molecule has 0 atom stereocenters. The molecule has 0 aliphatic heterocycles. The van der Waals surface area contributed by atoms with Crippen LogP contribution in [0.4, 0.5) is 5.69 Å². The lowest BCUT2D eigenvalue weighted by Gasteiger charge is -2.08. The number of esters is 1. The Morgan fingerprint density at radius 2 is 1.67 bits per heavy atom. The molecule has 0 spiro atoms. The summed E-state index contributed by atoms with van der Waals surface area (Å²) < 4.78 is 11.3. The third kappa shape index (κ3) is 5.65. The van der Waals surface area contributed by atoms with E-state index in [9.17, 15) is 9.59 Å². The molecule has 1 N–H and O–H groups in total. The maximum atomic E-state index is 11.9. The molecule has 0 saturated carbocycles. The summed E-state index contributed by atoms with van der Waals surface area (Å²) in [6.45, 7) is -0.395. The third-order valence-corrected chi connectivity index (χ3v) is 3.83. The van der Waals surface area contributed by atoms with Crippen LogP contribution in [0.25, 0.3) is 0 Å². The Morgan fingerprint density at radius 3 is 2.37 bits per heavy atom. The summed E-state index contributed by atoms with van der Waals surface area (Å²) in [5.74, 6) is 0.310. The fraction of sp³-hybridized carbons (Fsp3) is 0.0500. The van der Waals surface area contributed by atoms with Gasteiger partial charge >= 0.3 is 5.97 Å². The summed E-state index contributed by atoms with van der Waals surface area (Å²) in [6.07, 6.45) is 2.92. The molecular weight excluding hydrogens is 412 g/mol. The normalized spacial score (nSPS) is 10.1. The number of amides is 1. The molecular formula is C20H15BrN2O4. The van der Waals surface area contributed by atoms with Gasteiger partial charge in [0.05, 0.1) is 5.56 Å². The number of nitrogens with one attached hydrogen (secondary N) is 1. The standard InChI is InChI=1S/C20H15BrN2O4/c21-15-10-14(11-22-12-15)20(25)26-13-19(24)23-16-6-8-18(9-7-16)27-17-4-2-1-3-5-17/h1-12H,13H2,(H,23,24). The Morgan fingerprint density at radius 1 is 0.963 bits per heavy atom. The number of hydrogen-bond acceptors (Lipinski definition) is 5. The molecule has 0 aliphatic rings. The van der Waals surface area contributed by atoms with Crippen LogP contribution in [0.15, 0.2) is 77.5 Å². The maximum Gasteiger partial charge on any atom is 0.340 e. The first-order chi connectivity index (χ1) is 13.1. The van der Waals surface area contributed by atoms with E-state index >= 15 is 0 Å². The van der Waals surface area contributed by atoms with E-state index in [4.69, 9.17) is 9.47 Å². The van der Waals surface area contributed by atoms with E-state index in [2.05, 4.69) is 26.2 Å². The van der Waals surface area contributed by atoms with Crippen molar-refractivity contribution in [1.29, 1.82) is 0 Å². The van der Waals surface area contributed by atoms with Gasteiger partial charge in [-0.15, -0.1) is 0 Å². The number of benzene rings is 2. The van der Waals surface area contributed by atoms with Crippen LogP contribution in [0.3, 0.4) is 0 Å². The van der Waals surface area contributed by atoms with Crippen molar-refractivity contribution < 1.29 is 19.1 Å². The Labute approximate surface area is 164 Å². The van der Waals surface area contributed by atoms with Crippen molar-refractivity contribution in [3.05, 3.63) is 83.1 Å². The number of aromatic nitrogens is 1. The van der Waals surface area contributed by atoms with Gasteiger partial charge in [-0.05, 0) is 58.4 Å². The molecule has 1 amide bonds. The highest BCUT2D eigenvalue weighted by atomic mass is 79.9. The molecule has 3 rings (SSSR count). The number of halogens is 1. The van der Waals surface area contributed by atoms with Gasteiger partial charge in [0.2, 0.25) is 0 Å². The molecule has 6 nitrogen and oxygen atoms in total. The summed E-state index contributed by atoms with van der Waals surface area (Å²) in [6, 6.07) is 17.8. The van der Waals surface area contributed by atoms with E-state index in [-0.39, 0.29) is 5.56 Å². The van der Waals surface area contributed by atoms with Gasteiger partial charge in [0.25, 0.3) is 5.91 Å². The van der Waals surface area contributed by atoms with Crippen molar-refractivity contribution in [2.24, 2.45) is 0 Å². The minimum Gasteiger partial charge on any atom is -0.457 e. The zero-order valence-electron chi connectivity index (χ0n) is 14.1. The quantitative estimate of drug-likeness (QED) is 0.589. The van der Waals surface area contributed by atoms with Crippen LogP contribution in [-0.2, 0) is 9.53 Å². The number of rotatable bonds is 6. The Kier molecular flexibility index (Phi) is 6.17. The fourth-order valence-electron chi connectivity index (χ4n) is 2.17. The van der Waals surface area contributed by atoms with Gasteiger partial charge in [-0.3, -0.25) is 9.78 Å². The van der Waals surface area contributed by atoms with Crippen molar-refractivity contribution >= 4 is 33.5 Å². The summed E-state index contributed by atoms with van der Waals surface area (Å²) >= 11 is 3.22. The Balaban J connectivity index is 1.50. The minimum atomic E-state index is -0.620. The smallest absolute Gasteiger partial charge is 0.340 e. The third-order valence-electron chi connectivity index (χ3n) is 3.39. The number of anilines is 1. The van der Waals surface area contributed by atoms with Gasteiger partial charge in [0, 0.05) is 22.6 Å². The Bertz CT molecular complexity index is 930. The molecule has 1 heterocycles. The monoisotopic (exact) mass is 426 g/mol. The van der Waals surface area contributed by atoms with E-state index in [0.29, 0.717) is 15.9 Å². The second kappa shape index (κ2) is 8.95. The van der Waals surface area contributed by atoms with Crippen LogP contribution < -0.4 is 10.1 Å². The minimum absolute atomic E-state index is 0.264. The van der Waals surface area contributed by atoms with Crippen LogP contribution in [-0.4, -0.2) is 23.5 Å². The second-order valence-electron chi connectivity index (χ2n) is 5.46. The molecule has 0 unspecified atom stereocenters. The van der Waals surface area contributed by atoms with E-state index in [1.807, 2.05) is 30.3 Å². The first-order valence-corrected chi connectivity index (χ1v) is 8.80. The highest BCUT2D eigenvalue weighted by molar-refractivity contribution is 9.10. The molecule has 7 heteroatoms. The van der Waals surface area contributed by atoms with Crippen molar-refractivity contribution in [2.75, 3.05) is 11.9 Å². The lowest BCUT2D eigenvalue weighted by molar-refractivity contribution is -0.119. The fourth-order valence-corrected chi connectivity index (χ4v) is 2.53. The maximum absolute atomic E-state index is 11.9. The van der Waals surface area contributed by atoms with Crippen LogP contribution in [0.1, 0.15) is 10.4 Å². The van der Waals surface area contributed by atoms with Crippen LogP contribution in [0.2, 0.25) is 0 Å². The molecule has 136 valence electrons. The lowest BCUT2D eigenvalue weighted by Crippen LogP contribution is -2.21. The van der Waals surface area contributed by atoms with Gasteiger partial charge in [0.1, 0.15) is 11.5 Å². The van der Waals surface area contributed by atoms with Gasteiger partial charge in [-0.1, -0.05) is 18.2 Å². The zero-order valence-corrected chi connectivity index (χ0v) is 15.7. The van der Waals surface area contributed by atoms with Crippen LogP contribution in [0.5, 0.6) is 11.5 Å². The van der Waals surface area contributed by atoms with Crippen molar-refractivity contribution in [3.8, 4) is 11.5 Å². The van der Waals surface area contributed by atoms with E-state index in [0.717, 1.165) is 5.75 Å². The summed E-state index contributed by atoms with van der Waals surface area (Å²) in [4.78, 5) is 27.7. The molecule has 0 saturated heterocycles. The van der Waals surface area contributed by atoms with Gasteiger partial charge in [-0.25, -0.2) is 4.79 Å². The number of pyridine rings is 1. The van der Waals surface area contributed by atoms with E-state index < -0.39 is 18.5 Å². The number of nitrogens with zero attached hydrogens (tertiary/aromatic N) is 1. The topological polar surface area (TPSA) is 77.5 Å². The predicted octanol–water partition coefficient (Wildman–Crippen LogP) is 4.43. The summed E-state index contributed by atoms with van der Waals surface area (Å²) in [7, 11) is 0. The lowest BCUT2D eigenvalue weighted by atomic mass is 10.3. The average Bonchev–Trinajstić information content (AvgIpc) is 2.68. The molecule has 1 aromatic heterocycles. The molecule has 2 aromatic carbocycles. The number of ether oxygens (including phenoxy) is 2. The summed E-state index contributed by atoms with van der Waals surface area (Å²) in [5, 5.41) is 2.65. The molecule has 0 fully saturated rings. The molecule has 3 aromatic rings. The SMILES string of the molecule is O=C(COC(=O)c1cncc(Br)c1)Nc1ccc(Oc2ccccc2)cc1. The molecule has 0 bridgehead atoms. The van der Waals surface area contributed by atoms with Crippen LogP contribution in [0, 0.1) is 0 Å². The molecule has 27 heavy (non-hydrogen) atoms. The van der Waals surface area contributed by atoms with Gasteiger partial charge < -0.3 is 14.8 Å². The first kappa shape index (κ1) is 18.6. The zero-order chi connectivity index (χ0) is 19.1. The Hall–Kier alpha value is -3.19. The van der Waals surface area contributed by atoms with E-state index in [1.54, 1.807) is 36.5 Å². The van der Waals surface area contributed by atoms with E-state index in [1.165, 1.54) is 6.20 Å². The highest BCUT2D eigenvalue weighted by Crippen LogP contribution is 2.22. The second-order valence-corrected chi connectivity index (χ2v) is 6.37. The molecule has 0 radical (unpaired) electrons. The number of carbonyl (C=O) groups excluding carboxylic acids is 2. The van der Waals surface area contributed by atoms with Gasteiger partial charge in [-0.2, -0.15) is 0 Å². The largest absolute Gasteiger partial charge is 0.457 e. The van der Waals surface area contributed by atoms with Gasteiger partial charge in [0.15, 0.2) is 6.61 Å². The average molecular weight is 427 g/mol. The number of carbonyl (C=O) groups is 2. The highest BCUT2D eigenvalue weighted by Gasteiger charge is 2.11. The first-order valence-electron chi connectivity index (χ1n) is 8.00. The number of hydrogen-bond donors (Lipinski definition) is 1. The predicted molar refractivity (Wildman–Crippen MR) is 104 cm³/mol. The van der Waals surface area contributed by atoms with Crippen molar-refractivity contribution in [2.45, 2.75) is 0 Å². The van der Waals surface area contributed by atoms with Crippen LogP contribution >= 0.6 is 15.9 Å². The summed E-state index contributed by atoms with van der Waals surface area (Å²) in [5.41, 5.74) is 0.833. The van der Waals surface area contributed by atoms with Crippen molar-refractivity contribution in [3.63, 3.8) is 0 Å².